The lowest BCUT2D eigenvalue weighted by Gasteiger charge is -2.26. The van der Waals surface area contributed by atoms with E-state index in [4.69, 9.17) is 0 Å². The van der Waals surface area contributed by atoms with E-state index in [1.165, 1.54) is 31.4 Å². The van der Waals surface area contributed by atoms with Crippen molar-refractivity contribution in [3.8, 4) is 0 Å². The largest absolute Gasteiger partial charge is 0.322 e. The smallest absolute Gasteiger partial charge is 0.258 e. The molecule has 0 aliphatic carbocycles. The van der Waals surface area contributed by atoms with E-state index in [0.29, 0.717) is 5.69 Å². The Morgan fingerprint density at radius 1 is 1.04 bits per heavy atom. The first kappa shape index (κ1) is 17.5. The summed E-state index contributed by atoms with van der Waals surface area (Å²) < 4.78 is 27.0. The van der Waals surface area contributed by atoms with Crippen LogP contribution in [-0.4, -0.2) is 30.4 Å². The molecule has 1 fully saturated rings. The van der Waals surface area contributed by atoms with Crippen molar-refractivity contribution in [3.05, 3.63) is 65.2 Å². The minimum Gasteiger partial charge on any atom is -0.322 e. The highest BCUT2D eigenvalue weighted by Crippen LogP contribution is 2.17. The summed E-state index contributed by atoms with van der Waals surface area (Å²) in [5.41, 5.74) is 1.41. The molecule has 3 nitrogen and oxygen atoms in total. The molecule has 132 valence electrons. The van der Waals surface area contributed by atoms with Gasteiger partial charge in [-0.3, -0.25) is 4.79 Å². The second kappa shape index (κ2) is 8.21. The number of anilines is 1. The van der Waals surface area contributed by atoms with Gasteiger partial charge in [-0.05, 0) is 62.2 Å². The molecule has 1 N–H and O–H groups in total. The fraction of sp³-hybridized carbons (Fsp3) is 0.350. The number of hydrogen-bond donors (Lipinski definition) is 1. The highest BCUT2D eigenvalue weighted by atomic mass is 19.2. The third kappa shape index (κ3) is 4.63. The average molecular weight is 344 g/mol. The molecule has 0 spiro atoms. The summed E-state index contributed by atoms with van der Waals surface area (Å²) in [5.74, 6) is -2.80. The third-order valence-electron chi connectivity index (χ3n) is 4.55. The summed E-state index contributed by atoms with van der Waals surface area (Å²) in [6, 6.07) is 11.1. The highest BCUT2D eigenvalue weighted by molar-refractivity contribution is 6.04. The van der Waals surface area contributed by atoms with Crippen molar-refractivity contribution in [2.75, 3.05) is 25.0 Å². The Hall–Kier alpha value is -2.27. The van der Waals surface area contributed by atoms with Crippen LogP contribution in [0.2, 0.25) is 0 Å². The summed E-state index contributed by atoms with van der Waals surface area (Å²) in [7, 11) is 0. The van der Waals surface area contributed by atoms with Gasteiger partial charge in [-0.2, -0.15) is 0 Å². The maximum Gasteiger partial charge on any atom is 0.258 e. The number of rotatable bonds is 5. The number of carbonyl (C=O) groups excluding carboxylic acids is 1. The van der Waals surface area contributed by atoms with Gasteiger partial charge in [0.05, 0.1) is 5.56 Å². The minimum atomic E-state index is -1.12. The van der Waals surface area contributed by atoms with Crippen LogP contribution in [0.1, 0.15) is 35.2 Å². The molecular formula is C20H22F2N2O. The first-order valence-electron chi connectivity index (χ1n) is 8.70. The molecule has 1 saturated heterocycles. The number of benzene rings is 2. The Bertz CT molecular complexity index is 742. The first-order valence-corrected chi connectivity index (χ1v) is 8.70. The van der Waals surface area contributed by atoms with Gasteiger partial charge in [0, 0.05) is 12.2 Å². The number of amides is 1. The lowest BCUT2D eigenvalue weighted by atomic mass is 10.1. The molecule has 5 heteroatoms. The fourth-order valence-corrected chi connectivity index (χ4v) is 3.15. The molecule has 1 amide bonds. The Morgan fingerprint density at radius 2 is 1.80 bits per heavy atom. The number of hydrogen-bond acceptors (Lipinski definition) is 2. The fourth-order valence-electron chi connectivity index (χ4n) is 3.15. The van der Waals surface area contributed by atoms with Gasteiger partial charge in [-0.1, -0.05) is 24.6 Å². The van der Waals surface area contributed by atoms with Crippen LogP contribution in [-0.2, 0) is 6.42 Å². The van der Waals surface area contributed by atoms with E-state index < -0.39 is 17.5 Å². The molecule has 2 aromatic rings. The van der Waals surface area contributed by atoms with Gasteiger partial charge in [0.2, 0.25) is 0 Å². The number of carbonyl (C=O) groups is 1. The summed E-state index contributed by atoms with van der Waals surface area (Å²) >= 11 is 0. The van der Waals surface area contributed by atoms with Gasteiger partial charge < -0.3 is 10.2 Å². The summed E-state index contributed by atoms with van der Waals surface area (Å²) in [6.07, 6.45) is 4.73. The summed E-state index contributed by atoms with van der Waals surface area (Å²) in [4.78, 5) is 14.6. The van der Waals surface area contributed by atoms with E-state index in [1.54, 1.807) is 6.07 Å². The molecule has 1 heterocycles. The van der Waals surface area contributed by atoms with Crippen LogP contribution in [0, 0.1) is 11.6 Å². The van der Waals surface area contributed by atoms with E-state index >= 15 is 0 Å². The van der Waals surface area contributed by atoms with E-state index in [1.807, 2.05) is 18.2 Å². The lowest BCUT2D eigenvalue weighted by Crippen LogP contribution is -2.31. The maximum atomic E-state index is 13.7. The zero-order valence-corrected chi connectivity index (χ0v) is 14.1. The van der Waals surface area contributed by atoms with Gasteiger partial charge in [-0.15, -0.1) is 0 Å². The van der Waals surface area contributed by atoms with Crippen molar-refractivity contribution in [1.82, 2.24) is 4.90 Å². The van der Waals surface area contributed by atoms with Gasteiger partial charge in [0.15, 0.2) is 11.6 Å². The van der Waals surface area contributed by atoms with E-state index in [2.05, 4.69) is 10.2 Å². The molecule has 25 heavy (non-hydrogen) atoms. The van der Waals surface area contributed by atoms with E-state index in [-0.39, 0.29) is 5.56 Å². The van der Waals surface area contributed by atoms with Crippen molar-refractivity contribution < 1.29 is 13.6 Å². The van der Waals surface area contributed by atoms with Crippen LogP contribution in [0.5, 0.6) is 0 Å². The van der Waals surface area contributed by atoms with Crippen molar-refractivity contribution in [1.29, 1.82) is 0 Å². The molecule has 1 aliphatic heterocycles. The molecule has 3 rings (SSSR count). The Balaban J connectivity index is 1.63. The SMILES string of the molecule is O=C(Nc1cccc(CCN2CCCCC2)c1)c1cccc(F)c1F. The van der Waals surface area contributed by atoms with Gasteiger partial charge >= 0.3 is 0 Å². The number of piperidine rings is 1. The topological polar surface area (TPSA) is 32.3 Å². The predicted octanol–water partition coefficient (Wildman–Crippen LogP) is 4.25. The predicted molar refractivity (Wildman–Crippen MR) is 94.7 cm³/mol. The molecule has 0 atom stereocenters. The van der Waals surface area contributed by atoms with Crippen LogP contribution < -0.4 is 5.32 Å². The van der Waals surface area contributed by atoms with Crippen molar-refractivity contribution in [2.24, 2.45) is 0 Å². The van der Waals surface area contributed by atoms with Gasteiger partial charge in [0.1, 0.15) is 0 Å². The normalized spacial score (nSPS) is 15.1. The van der Waals surface area contributed by atoms with Crippen LogP contribution >= 0.6 is 0 Å². The maximum absolute atomic E-state index is 13.7. The third-order valence-corrected chi connectivity index (χ3v) is 4.55. The molecule has 0 radical (unpaired) electrons. The monoisotopic (exact) mass is 344 g/mol. The van der Waals surface area contributed by atoms with Crippen molar-refractivity contribution in [3.63, 3.8) is 0 Å². The molecule has 0 bridgehead atoms. The molecule has 0 aromatic heterocycles. The van der Waals surface area contributed by atoms with Gasteiger partial charge in [-0.25, -0.2) is 8.78 Å². The number of nitrogens with one attached hydrogen (secondary N) is 1. The second-order valence-electron chi connectivity index (χ2n) is 6.41. The Labute approximate surface area is 146 Å². The van der Waals surface area contributed by atoms with Crippen LogP contribution in [0.15, 0.2) is 42.5 Å². The standard InChI is InChI=1S/C20H22F2N2O/c21-18-9-5-8-17(19(18)22)20(25)23-16-7-4-6-15(14-16)10-13-24-11-2-1-3-12-24/h4-9,14H,1-3,10-13H2,(H,23,25). The molecular weight excluding hydrogens is 322 g/mol. The lowest BCUT2D eigenvalue weighted by molar-refractivity contribution is 0.102. The van der Waals surface area contributed by atoms with Crippen LogP contribution in [0.4, 0.5) is 14.5 Å². The van der Waals surface area contributed by atoms with Gasteiger partial charge in [0.25, 0.3) is 5.91 Å². The van der Waals surface area contributed by atoms with Crippen molar-refractivity contribution in [2.45, 2.75) is 25.7 Å². The zero-order chi connectivity index (χ0) is 17.6. The van der Waals surface area contributed by atoms with E-state index in [0.717, 1.165) is 37.7 Å². The molecule has 0 saturated carbocycles. The molecule has 0 unspecified atom stereocenters. The summed E-state index contributed by atoms with van der Waals surface area (Å²) in [6.45, 7) is 3.29. The number of likely N-dealkylation sites (tertiary alicyclic amines) is 1. The Morgan fingerprint density at radius 3 is 2.60 bits per heavy atom. The van der Waals surface area contributed by atoms with E-state index in [9.17, 15) is 13.6 Å². The second-order valence-corrected chi connectivity index (χ2v) is 6.41. The molecule has 2 aromatic carbocycles. The van der Waals surface area contributed by atoms with Crippen LogP contribution in [0.25, 0.3) is 0 Å². The van der Waals surface area contributed by atoms with Crippen molar-refractivity contribution >= 4 is 11.6 Å². The molecule has 1 aliphatic rings. The number of halogens is 2. The number of nitrogens with zero attached hydrogens (tertiary/aromatic N) is 1. The first-order chi connectivity index (χ1) is 12.1. The minimum absolute atomic E-state index is 0.293. The summed E-state index contributed by atoms with van der Waals surface area (Å²) in [5, 5.41) is 2.65. The quantitative estimate of drug-likeness (QED) is 0.880. The zero-order valence-electron chi connectivity index (χ0n) is 14.1. The average Bonchev–Trinajstić information content (AvgIpc) is 2.63. The highest BCUT2D eigenvalue weighted by Gasteiger charge is 2.15. The van der Waals surface area contributed by atoms with Crippen LogP contribution in [0.3, 0.4) is 0 Å². The Kier molecular flexibility index (Phi) is 5.76.